The minimum atomic E-state index is 1.13. The minimum Gasteiger partial charge on any atom is -0.310 e. The van der Waals surface area contributed by atoms with Gasteiger partial charge in [-0.3, -0.25) is 0 Å². The number of hydrogen-bond donors (Lipinski definition) is 0. The van der Waals surface area contributed by atoms with Crippen molar-refractivity contribution in [3.8, 4) is 66.8 Å². The Labute approximate surface area is 297 Å². The van der Waals surface area contributed by atoms with Crippen LogP contribution >= 0.6 is 0 Å². The highest BCUT2D eigenvalue weighted by atomic mass is 15.1. The van der Waals surface area contributed by atoms with E-state index in [1.807, 2.05) is 0 Å². The lowest BCUT2D eigenvalue weighted by Crippen LogP contribution is -2.11. The molecule has 1 heteroatoms. The van der Waals surface area contributed by atoms with E-state index in [1.165, 1.54) is 88.3 Å². The minimum absolute atomic E-state index is 1.13. The van der Waals surface area contributed by atoms with E-state index in [4.69, 9.17) is 0 Å². The Balaban J connectivity index is 1.19. The third-order valence-electron chi connectivity index (χ3n) is 10.9. The van der Waals surface area contributed by atoms with Crippen LogP contribution in [-0.4, -0.2) is 0 Å². The second-order valence-corrected chi connectivity index (χ2v) is 13.7. The summed E-state index contributed by atoms with van der Waals surface area (Å²) in [6, 6.07) is 69.5. The first-order valence-corrected chi connectivity index (χ1v) is 17.7. The third-order valence-corrected chi connectivity index (χ3v) is 10.9. The number of para-hydroxylation sites is 1. The fraction of sp³-hybridized carbons (Fsp3) is 0. The van der Waals surface area contributed by atoms with E-state index in [1.54, 1.807) is 0 Å². The Kier molecular flexibility index (Phi) is 6.02. The molecule has 0 fully saturated rings. The highest BCUT2D eigenvalue weighted by molar-refractivity contribution is 6.15. The standard InChI is InChI=1S/C50H31N/c1-3-13-34-29-36(24-23-32(34)11-1)39-15-7-8-22-48(39)51(37-26-25-33-12-2-4-14-35(33)30-37)38-27-28-41-44-19-10-20-45-46-21-9-18-43(50(46)47(41)31-38)40-16-5-6-17-42(40)49(44)45/h1-31H. The van der Waals surface area contributed by atoms with Crippen molar-refractivity contribution in [1.29, 1.82) is 0 Å². The molecule has 236 valence electrons. The first kappa shape index (κ1) is 28.2. The predicted octanol–water partition coefficient (Wildman–Crippen LogP) is 14.1. The maximum absolute atomic E-state index is 2.46. The van der Waals surface area contributed by atoms with Crippen LogP contribution in [-0.2, 0) is 0 Å². The fourth-order valence-corrected chi connectivity index (χ4v) is 8.64. The molecule has 9 aromatic rings. The number of benzene rings is 9. The van der Waals surface area contributed by atoms with E-state index < -0.39 is 0 Å². The molecule has 1 nitrogen and oxygen atoms in total. The van der Waals surface area contributed by atoms with Crippen molar-refractivity contribution < 1.29 is 0 Å². The maximum Gasteiger partial charge on any atom is 0.0540 e. The molecule has 0 unspecified atom stereocenters. The van der Waals surface area contributed by atoms with Crippen molar-refractivity contribution >= 4 is 38.6 Å². The van der Waals surface area contributed by atoms with Crippen molar-refractivity contribution in [1.82, 2.24) is 0 Å². The molecule has 9 aromatic carbocycles. The van der Waals surface area contributed by atoms with Crippen LogP contribution in [0.3, 0.4) is 0 Å². The Morgan fingerprint density at radius 1 is 0.255 bits per heavy atom. The van der Waals surface area contributed by atoms with Crippen LogP contribution in [0.1, 0.15) is 0 Å². The molecule has 0 aliphatic heterocycles. The van der Waals surface area contributed by atoms with E-state index >= 15 is 0 Å². The summed E-state index contributed by atoms with van der Waals surface area (Å²) in [6.07, 6.45) is 0. The van der Waals surface area contributed by atoms with Gasteiger partial charge >= 0.3 is 0 Å². The lowest BCUT2D eigenvalue weighted by Gasteiger charge is -2.29. The van der Waals surface area contributed by atoms with Gasteiger partial charge in [0.15, 0.2) is 0 Å². The molecule has 6 bridgehead atoms. The number of fused-ring (bicyclic) bond motifs is 6. The number of anilines is 3. The molecule has 0 heterocycles. The largest absolute Gasteiger partial charge is 0.310 e. The van der Waals surface area contributed by atoms with Gasteiger partial charge < -0.3 is 4.90 Å². The first-order chi connectivity index (χ1) is 25.3. The van der Waals surface area contributed by atoms with E-state index in [-0.39, 0.29) is 0 Å². The van der Waals surface area contributed by atoms with Crippen molar-refractivity contribution in [2.75, 3.05) is 4.90 Å². The summed E-state index contributed by atoms with van der Waals surface area (Å²) in [6.45, 7) is 0. The fourth-order valence-electron chi connectivity index (χ4n) is 8.64. The van der Waals surface area contributed by atoms with Crippen LogP contribution in [0.25, 0.3) is 88.3 Å². The molecule has 11 rings (SSSR count). The van der Waals surface area contributed by atoms with E-state index in [0.29, 0.717) is 0 Å². The average Bonchev–Trinajstić information content (AvgIpc) is 3.30. The van der Waals surface area contributed by atoms with Crippen LogP contribution in [0.5, 0.6) is 0 Å². The highest BCUT2D eigenvalue weighted by Gasteiger charge is 2.31. The molecule has 0 radical (unpaired) electrons. The molecule has 2 aliphatic rings. The molecule has 0 aromatic heterocycles. The average molecular weight is 646 g/mol. The summed E-state index contributed by atoms with van der Waals surface area (Å²) in [5.74, 6) is 0. The van der Waals surface area contributed by atoms with Gasteiger partial charge in [0.2, 0.25) is 0 Å². The van der Waals surface area contributed by atoms with Gasteiger partial charge in [0, 0.05) is 16.9 Å². The zero-order chi connectivity index (χ0) is 33.5. The second kappa shape index (κ2) is 10.9. The van der Waals surface area contributed by atoms with E-state index in [9.17, 15) is 0 Å². The zero-order valence-electron chi connectivity index (χ0n) is 27.8. The van der Waals surface area contributed by atoms with Gasteiger partial charge in [0.1, 0.15) is 0 Å². The van der Waals surface area contributed by atoms with Gasteiger partial charge in [-0.15, -0.1) is 0 Å². The maximum atomic E-state index is 2.46. The summed E-state index contributed by atoms with van der Waals surface area (Å²) in [7, 11) is 0. The van der Waals surface area contributed by atoms with Gasteiger partial charge in [-0.25, -0.2) is 0 Å². The molecular weight excluding hydrogens is 615 g/mol. The van der Waals surface area contributed by atoms with Crippen molar-refractivity contribution in [2.45, 2.75) is 0 Å². The van der Waals surface area contributed by atoms with Gasteiger partial charge in [0.25, 0.3) is 0 Å². The zero-order valence-corrected chi connectivity index (χ0v) is 27.8. The van der Waals surface area contributed by atoms with Gasteiger partial charge in [-0.1, -0.05) is 152 Å². The Bertz CT molecular complexity index is 2850. The third kappa shape index (κ3) is 4.22. The second-order valence-electron chi connectivity index (χ2n) is 13.7. The molecular formula is C50H31N. The van der Waals surface area contributed by atoms with Gasteiger partial charge in [-0.05, 0) is 119 Å². The summed E-state index contributed by atoms with van der Waals surface area (Å²) in [5, 5.41) is 4.94. The normalized spacial score (nSPS) is 11.9. The van der Waals surface area contributed by atoms with Crippen molar-refractivity contribution in [3.63, 3.8) is 0 Å². The van der Waals surface area contributed by atoms with Crippen molar-refractivity contribution in [2.24, 2.45) is 0 Å². The van der Waals surface area contributed by atoms with Crippen LogP contribution in [0.2, 0.25) is 0 Å². The molecule has 0 amide bonds. The molecule has 0 spiro atoms. The molecule has 2 aliphatic carbocycles. The number of hydrogen-bond acceptors (Lipinski definition) is 1. The predicted molar refractivity (Wildman–Crippen MR) is 216 cm³/mol. The number of nitrogens with zero attached hydrogens (tertiary/aromatic N) is 1. The summed E-state index contributed by atoms with van der Waals surface area (Å²) < 4.78 is 0. The van der Waals surface area contributed by atoms with Crippen LogP contribution in [0, 0.1) is 0 Å². The van der Waals surface area contributed by atoms with Crippen LogP contribution < -0.4 is 4.90 Å². The van der Waals surface area contributed by atoms with Crippen molar-refractivity contribution in [3.05, 3.63) is 188 Å². The summed E-state index contributed by atoms with van der Waals surface area (Å²) in [4.78, 5) is 2.46. The van der Waals surface area contributed by atoms with Gasteiger partial charge in [-0.2, -0.15) is 0 Å². The number of rotatable bonds is 4. The topological polar surface area (TPSA) is 3.24 Å². The van der Waals surface area contributed by atoms with Crippen LogP contribution in [0.4, 0.5) is 17.1 Å². The molecule has 51 heavy (non-hydrogen) atoms. The van der Waals surface area contributed by atoms with Crippen LogP contribution in [0.15, 0.2) is 188 Å². The first-order valence-electron chi connectivity index (χ1n) is 17.7. The lowest BCUT2D eigenvalue weighted by atomic mass is 9.83. The van der Waals surface area contributed by atoms with Gasteiger partial charge in [0.05, 0.1) is 5.69 Å². The van der Waals surface area contributed by atoms with E-state index in [2.05, 4.69) is 193 Å². The Morgan fingerprint density at radius 2 is 0.725 bits per heavy atom. The lowest BCUT2D eigenvalue weighted by molar-refractivity contribution is 1.29. The molecule has 0 saturated carbocycles. The monoisotopic (exact) mass is 645 g/mol. The Morgan fingerprint density at radius 3 is 1.45 bits per heavy atom. The SMILES string of the molecule is c1ccc2c(c1)-c1cccc3c1-c1cc(N(c4ccc5ccccc5c4)c4ccccc4-c4ccc5ccccc5c4)ccc1-c1cccc-3c1-2. The molecule has 0 saturated heterocycles. The van der Waals surface area contributed by atoms with E-state index in [0.717, 1.165) is 17.1 Å². The quantitative estimate of drug-likeness (QED) is 0.184. The summed E-state index contributed by atoms with van der Waals surface area (Å²) >= 11 is 0. The molecule has 0 N–H and O–H groups in total. The Hall–Kier alpha value is -6.70. The summed E-state index contributed by atoms with van der Waals surface area (Å²) in [5.41, 5.74) is 18.8. The highest BCUT2D eigenvalue weighted by Crippen LogP contribution is 2.58. The smallest absolute Gasteiger partial charge is 0.0540 e. The molecule has 0 atom stereocenters.